The molecule has 1 amide bonds. The van der Waals surface area contributed by atoms with E-state index in [-0.39, 0.29) is 18.4 Å². The molecule has 0 bridgehead atoms. The molecule has 20 heavy (non-hydrogen) atoms. The smallest absolute Gasteiger partial charge is 0.336 e. The third-order valence-corrected chi connectivity index (χ3v) is 3.15. The first-order valence-electron chi connectivity index (χ1n) is 5.65. The van der Waals surface area contributed by atoms with E-state index < -0.39 is 29.0 Å². The molecule has 0 atom stereocenters. The summed E-state index contributed by atoms with van der Waals surface area (Å²) in [6, 6.07) is 1.74. The number of hydrogen-bond donors (Lipinski definition) is 1. The van der Waals surface area contributed by atoms with E-state index in [2.05, 4.69) is 5.32 Å². The van der Waals surface area contributed by atoms with Crippen LogP contribution in [0.3, 0.4) is 0 Å². The molecule has 1 aromatic rings. The van der Waals surface area contributed by atoms with Crippen LogP contribution in [0.25, 0.3) is 0 Å². The van der Waals surface area contributed by atoms with Crippen molar-refractivity contribution in [2.24, 2.45) is 0 Å². The number of hydrogen-bond acceptors (Lipinski definition) is 2. The van der Waals surface area contributed by atoms with Crippen LogP contribution in [0.2, 0.25) is 0 Å². The normalized spacial score (nSPS) is 15.2. The zero-order valence-electron chi connectivity index (χ0n) is 10.5. The monoisotopic (exact) mass is 312 g/mol. The molecule has 1 aliphatic rings. The molecule has 112 valence electrons. The van der Waals surface area contributed by atoms with Crippen molar-refractivity contribution in [3.8, 4) is 0 Å². The summed E-state index contributed by atoms with van der Waals surface area (Å²) in [5.74, 6) is -1.69. The quantitative estimate of drug-likeness (QED) is 0.850. The number of carbonyl (C=O) groups excluding carboxylic acids is 1. The fourth-order valence-electron chi connectivity index (χ4n) is 1.77. The van der Waals surface area contributed by atoms with Gasteiger partial charge in [0.05, 0.1) is 17.2 Å². The molecule has 0 radical (unpaired) electrons. The Morgan fingerprint density at radius 1 is 1.35 bits per heavy atom. The van der Waals surface area contributed by atoms with Gasteiger partial charge in [0.25, 0.3) is 5.91 Å². The Labute approximate surface area is 119 Å². The Morgan fingerprint density at radius 3 is 2.40 bits per heavy atom. The zero-order chi connectivity index (χ0) is 14.2. The summed E-state index contributed by atoms with van der Waals surface area (Å²) < 4.78 is 51.2. The topological polar surface area (TPSA) is 32.3 Å². The Balaban J connectivity index is 0.00000200. The van der Waals surface area contributed by atoms with Crippen molar-refractivity contribution in [1.29, 1.82) is 0 Å². The SMILES string of the molecule is CN(C(=O)c1cc(C(F)(F)F)ccc1F)C1CNC1.Cl. The first kappa shape index (κ1) is 16.7. The number of nitrogens with one attached hydrogen (secondary N) is 1. The lowest BCUT2D eigenvalue weighted by Gasteiger charge is -2.35. The zero-order valence-corrected chi connectivity index (χ0v) is 11.3. The van der Waals surface area contributed by atoms with Crippen LogP contribution in [0.15, 0.2) is 18.2 Å². The van der Waals surface area contributed by atoms with Gasteiger partial charge < -0.3 is 10.2 Å². The second-order valence-electron chi connectivity index (χ2n) is 4.42. The summed E-state index contributed by atoms with van der Waals surface area (Å²) in [6.07, 6.45) is -4.60. The van der Waals surface area contributed by atoms with Gasteiger partial charge in [0.15, 0.2) is 0 Å². The van der Waals surface area contributed by atoms with E-state index in [1.165, 1.54) is 11.9 Å². The average Bonchev–Trinajstić information content (AvgIpc) is 2.24. The number of rotatable bonds is 2. The number of nitrogens with zero attached hydrogens (tertiary/aromatic N) is 1. The molecule has 1 aromatic carbocycles. The largest absolute Gasteiger partial charge is 0.416 e. The Morgan fingerprint density at radius 2 is 1.95 bits per heavy atom. The fraction of sp³-hybridized carbons (Fsp3) is 0.417. The van der Waals surface area contributed by atoms with Gasteiger partial charge in [-0.05, 0) is 18.2 Å². The molecule has 1 fully saturated rings. The number of carbonyl (C=O) groups is 1. The molecule has 1 N–H and O–H groups in total. The summed E-state index contributed by atoms with van der Waals surface area (Å²) >= 11 is 0. The van der Waals surface area contributed by atoms with Gasteiger partial charge in [0.1, 0.15) is 5.82 Å². The van der Waals surface area contributed by atoms with Crippen molar-refractivity contribution < 1.29 is 22.4 Å². The maximum atomic E-state index is 13.5. The molecule has 1 aliphatic heterocycles. The maximum Gasteiger partial charge on any atom is 0.416 e. The molecule has 1 heterocycles. The number of benzene rings is 1. The van der Waals surface area contributed by atoms with Crippen molar-refractivity contribution in [2.75, 3.05) is 20.1 Å². The predicted molar refractivity (Wildman–Crippen MR) is 67.4 cm³/mol. The summed E-state index contributed by atoms with van der Waals surface area (Å²) in [7, 11) is 1.45. The molecule has 0 saturated carbocycles. The van der Waals surface area contributed by atoms with E-state index in [9.17, 15) is 22.4 Å². The summed E-state index contributed by atoms with van der Waals surface area (Å²) in [5, 5.41) is 2.93. The minimum absolute atomic E-state index is 0. The number of halogens is 5. The Hall–Kier alpha value is -1.34. The highest BCUT2D eigenvalue weighted by molar-refractivity contribution is 5.94. The Bertz CT molecular complexity index is 503. The fourth-order valence-corrected chi connectivity index (χ4v) is 1.77. The van der Waals surface area contributed by atoms with Crippen LogP contribution in [0.1, 0.15) is 15.9 Å². The van der Waals surface area contributed by atoms with Gasteiger partial charge in [-0.1, -0.05) is 0 Å². The minimum atomic E-state index is -4.60. The van der Waals surface area contributed by atoms with E-state index in [0.29, 0.717) is 31.3 Å². The summed E-state index contributed by atoms with van der Waals surface area (Å²) in [4.78, 5) is 13.2. The molecule has 3 nitrogen and oxygen atoms in total. The van der Waals surface area contributed by atoms with Gasteiger partial charge in [-0.25, -0.2) is 4.39 Å². The van der Waals surface area contributed by atoms with Gasteiger partial charge in [-0.3, -0.25) is 4.79 Å². The molecule has 2 rings (SSSR count). The van der Waals surface area contributed by atoms with Gasteiger partial charge in [0.2, 0.25) is 0 Å². The molecule has 0 unspecified atom stereocenters. The van der Waals surface area contributed by atoms with Crippen LogP contribution < -0.4 is 5.32 Å². The third-order valence-electron chi connectivity index (χ3n) is 3.15. The highest BCUT2D eigenvalue weighted by Gasteiger charge is 2.33. The number of likely N-dealkylation sites (N-methyl/N-ethyl adjacent to an activating group) is 1. The average molecular weight is 313 g/mol. The van der Waals surface area contributed by atoms with Crippen LogP contribution in [0.5, 0.6) is 0 Å². The van der Waals surface area contributed by atoms with Gasteiger partial charge in [-0.2, -0.15) is 13.2 Å². The van der Waals surface area contributed by atoms with E-state index >= 15 is 0 Å². The van der Waals surface area contributed by atoms with Gasteiger partial charge in [0, 0.05) is 20.1 Å². The second kappa shape index (κ2) is 5.97. The van der Waals surface area contributed by atoms with Crippen LogP contribution >= 0.6 is 12.4 Å². The van der Waals surface area contributed by atoms with E-state index in [1.54, 1.807) is 0 Å². The lowest BCUT2D eigenvalue weighted by atomic mass is 10.1. The molecular weight excluding hydrogens is 300 g/mol. The van der Waals surface area contributed by atoms with Crippen molar-refractivity contribution >= 4 is 18.3 Å². The first-order valence-corrected chi connectivity index (χ1v) is 5.65. The maximum absolute atomic E-state index is 13.5. The minimum Gasteiger partial charge on any atom is -0.336 e. The number of alkyl halides is 3. The van der Waals surface area contributed by atoms with E-state index in [0.717, 1.165) is 0 Å². The molecule has 0 aromatic heterocycles. The predicted octanol–water partition coefficient (Wildman–Crippen LogP) is 2.31. The highest BCUT2D eigenvalue weighted by atomic mass is 35.5. The van der Waals surface area contributed by atoms with Crippen LogP contribution in [0, 0.1) is 5.82 Å². The highest BCUT2D eigenvalue weighted by Crippen LogP contribution is 2.30. The van der Waals surface area contributed by atoms with E-state index in [1.807, 2.05) is 0 Å². The van der Waals surface area contributed by atoms with Crippen molar-refractivity contribution in [3.63, 3.8) is 0 Å². The van der Waals surface area contributed by atoms with Crippen LogP contribution in [-0.2, 0) is 6.18 Å². The molecule has 8 heteroatoms. The summed E-state index contributed by atoms with van der Waals surface area (Å²) in [6.45, 7) is 1.12. The molecule has 1 saturated heterocycles. The second-order valence-corrected chi connectivity index (χ2v) is 4.42. The Kier molecular flexibility index (Phi) is 4.99. The number of amides is 1. The standard InChI is InChI=1S/C12H12F4N2O.ClH/c1-18(8-5-17-6-8)11(19)9-4-7(12(14,15)16)2-3-10(9)13;/h2-4,8,17H,5-6H2,1H3;1H. The molecule has 0 aliphatic carbocycles. The lowest BCUT2D eigenvalue weighted by molar-refractivity contribution is -0.137. The molecular formula is C12H13ClF4N2O. The van der Waals surface area contributed by atoms with Gasteiger partial charge >= 0.3 is 6.18 Å². The lowest BCUT2D eigenvalue weighted by Crippen LogP contribution is -2.57. The van der Waals surface area contributed by atoms with Crippen molar-refractivity contribution in [1.82, 2.24) is 10.2 Å². The van der Waals surface area contributed by atoms with Crippen LogP contribution in [-0.4, -0.2) is 37.0 Å². The molecule has 0 spiro atoms. The summed E-state index contributed by atoms with van der Waals surface area (Å²) in [5.41, 5.74) is -1.58. The van der Waals surface area contributed by atoms with Crippen LogP contribution in [0.4, 0.5) is 17.6 Å². The van der Waals surface area contributed by atoms with Crippen molar-refractivity contribution in [2.45, 2.75) is 12.2 Å². The first-order chi connectivity index (χ1) is 8.80. The third kappa shape index (κ3) is 3.21. The van der Waals surface area contributed by atoms with Gasteiger partial charge in [-0.15, -0.1) is 12.4 Å². The van der Waals surface area contributed by atoms with Crippen molar-refractivity contribution in [3.05, 3.63) is 35.1 Å². The van der Waals surface area contributed by atoms with E-state index in [4.69, 9.17) is 0 Å².